The van der Waals surface area contributed by atoms with Crippen LogP contribution < -0.4 is 5.32 Å². The lowest BCUT2D eigenvalue weighted by Crippen LogP contribution is -2.45. The maximum absolute atomic E-state index is 4.79. The van der Waals surface area contributed by atoms with Crippen LogP contribution in [0.15, 0.2) is 0 Å². The van der Waals surface area contributed by atoms with Gasteiger partial charge in [-0.1, -0.05) is 6.92 Å². The quantitative estimate of drug-likeness (QED) is 0.909. The Morgan fingerprint density at radius 2 is 1.95 bits per heavy atom. The smallest absolute Gasteiger partial charge is 0.149 e. The molecule has 0 aliphatic carbocycles. The number of hydrogen-bond donors (Lipinski definition) is 1. The van der Waals surface area contributed by atoms with Gasteiger partial charge in [0.1, 0.15) is 11.6 Å². The molecule has 0 aromatic carbocycles. The van der Waals surface area contributed by atoms with E-state index in [4.69, 9.17) is 9.97 Å². The number of nitrogens with zero attached hydrogens (tertiary/aromatic N) is 4. The van der Waals surface area contributed by atoms with Gasteiger partial charge < -0.3 is 10.2 Å². The molecule has 2 heterocycles. The first-order chi connectivity index (χ1) is 9.52. The lowest BCUT2D eigenvalue weighted by Gasteiger charge is -2.37. The molecule has 1 aromatic heterocycles. The second kappa shape index (κ2) is 6.50. The Morgan fingerprint density at radius 1 is 1.20 bits per heavy atom. The molecule has 1 aromatic rings. The lowest BCUT2D eigenvalue weighted by molar-refractivity contribution is 0.109. The first-order valence-corrected chi connectivity index (χ1v) is 7.50. The Bertz CT molecular complexity index is 460. The van der Waals surface area contributed by atoms with Gasteiger partial charge in [0.25, 0.3) is 0 Å². The number of anilines is 1. The van der Waals surface area contributed by atoms with E-state index in [0.717, 1.165) is 55.5 Å². The number of aromatic nitrogens is 2. The van der Waals surface area contributed by atoms with Crippen molar-refractivity contribution in [2.24, 2.45) is 0 Å². The van der Waals surface area contributed by atoms with Crippen molar-refractivity contribution in [2.75, 3.05) is 45.6 Å². The average Bonchev–Trinajstić information content (AvgIpc) is 2.43. The molecule has 1 unspecified atom stereocenters. The first kappa shape index (κ1) is 15.2. The van der Waals surface area contributed by atoms with Gasteiger partial charge in [0.2, 0.25) is 0 Å². The van der Waals surface area contributed by atoms with Crippen molar-refractivity contribution in [1.82, 2.24) is 19.8 Å². The molecule has 1 aliphatic heterocycles. The summed E-state index contributed by atoms with van der Waals surface area (Å²) in [6.45, 7) is 10.5. The van der Waals surface area contributed by atoms with Crippen LogP contribution in [0, 0.1) is 13.8 Å². The molecule has 1 fully saturated rings. The molecule has 2 rings (SSSR count). The Morgan fingerprint density at radius 3 is 2.65 bits per heavy atom. The van der Waals surface area contributed by atoms with E-state index in [2.05, 4.69) is 50.0 Å². The molecular weight excluding hydrogens is 250 g/mol. The fourth-order valence-electron chi connectivity index (χ4n) is 2.50. The van der Waals surface area contributed by atoms with E-state index < -0.39 is 0 Å². The minimum atomic E-state index is 0.287. The summed E-state index contributed by atoms with van der Waals surface area (Å²) in [7, 11) is 4.33. The van der Waals surface area contributed by atoms with Crippen LogP contribution >= 0.6 is 0 Å². The van der Waals surface area contributed by atoms with Crippen molar-refractivity contribution < 1.29 is 0 Å². The highest BCUT2D eigenvalue weighted by Crippen LogP contribution is 2.24. The van der Waals surface area contributed by atoms with Gasteiger partial charge in [-0.25, -0.2) is 9.97 Å². The Balaban J connectivity index is 2.28. The van der Waals surface area contributed by atoms with Gasteiger partial charge in [0.05, 0.1) is 6.04 Å². The molecular formula is C15H27N5. The average molecular weight is 277 g/mol. The lowest BCUT2D eigenvalue weighted by atomic mass is 10.1. The molecule has 5 heteroatoms. The fraction of sp³-hybridized carbons (Fsp3) is 0.733. The summed E-state index contributed by atoms with van der Waals surface area (Å²) in [5, 5.41) is 3.43. The third kappa shape index (κ3) is 3.27. The molecule has 1 atom stereocenters. The van der Waals surface area contributed by atoms with Gasteiger partial charge in [-0.15, -0.1) is 0 Å². The normalized spacial score (nSPS) is 21.1. The van der Waals surface area contributed by atoms with E-state index in [1.54, 1.807) is 0 Å². The Kier molecular flexibility index (Phi) is 4.94. The number of rotatable bonds is 4. The van der Waals surface area contributed by atoms with Crippen molar-refractivity contribution in [1.29, 1.82) is 0 Å². The van der Waals surface area contributed by atoms with Crippen LogP contribution in [0.2, 0.25) is 0 Å². The van der Waals surface area contributed by atoms with Crippen molar-refractivity contribution in [2.45, 2.75) is 33.2 Å². The summed E-state index contributed by atoms with van der Waals surface area (Å²) in [4.78, 5) is 14.2. The zero-order valence-electron chi connectivity index (χ0n) is 13.4. The van der Waals surface area contributed by atoms with Crippen molar-refractivity contribution in [3.05, 3.63) is 17.1 Å². The molecule has 0 bridgehead atoms. The van der Waals surface area contributed by atoms with Gasteiger partial charge in [-0.3, -0.25) is 4.90 Å². The van der Waals surface area contributed by atoms with Crippen LogP contribution in [0.5, 0.6) is 0 Å². The Labute approximate surface area is 122 Å². The van der Waals surface area contributed by atoms with E-state index in [1.807, 2.05) is 0 Å². The van der Waals surface area contributed by atoms with Crippen LogP contribution in [0.3, 0.4) is 0 Å². The van der Waals surface area contributed by atoms with Gasteiger partial charge in [0, 0.05) is 37.4 Å². The van der Waals surface area contributed by atoms with E-state index in [-0.39, 0.29) is 6.04 Å². The van der Waals surface area contributed by atoms with Crippen LogP contribution in [0.25, 0.3) is 0 Å². The van der Waals surface area contributed by atoms with Crippen molar-refractivity contribution in [3.8, 4) is 0 Å². The maximum atomic E-state index is 4.79. The number of nitrogens with one attached hydrogen (secondary N) is 1. The zero-order valence-corrected chi connectivity index (χ0v) is 13.4. The monoisotopic (exact) mass is 277 g/mol. The summed E-state index contributed by atoms with van der Waals surface area (Å²) >= 11 is 0. The second-order valence-electron chi connectivity index (χ2n) is 5.83. The molecule has 5 nitrogen and oxygen atoms in total. The summed E-state index contributed by atoms with van der Waals surface area (Å²) in [6.07, 6.45) is 1.10. The van der Waals surface area contributed by atoms with Gasteiger partial charge >= 0.3 is 0 Å². The number of aryl methyl sites for hydroxylation is 1. The standard InChI is InChI=1S/C15H27N5/c1-6-7-16-14-11(2)12(3)17-15(18-14)13-10-19(4)8-9-20(13)5/h13H,6-10H2,1-5H3,(H,16,17,18). The fourth-order valence-corrected chi connectivity index (χ4v) is 2.50. The van der Waals surface area contributed by atoms with E-state index >= 15 is 0 Å². The predicted octanol–water partition coefficient (Wildman–Crippen LogP) is 1.83. The van der Waals surface area contributed by atoms with Crippen LogP contribution in [0.4, 0.5) is 5.82 Å². The van der Waals surface area contributed by atoms with Gasteiger partial charge in [0.15, 0.2) is 0 Å². The number of piperazine rings is 1. The molecule has 20 heavy (non-hydrogen) atoms. The topological polar surface area (TPSA) is 44.3 Å². The van der Waals surface area contributed by atoms with Gasteiger partial charge in [-0.2, -0.15) is 0 Å². The Hall–Kier alpha value is -1.20. The largest absolute Gasteiger partial charge is 0.370 e. The minimum absolute atomic E-state index is 0.287. The third-order valence-corrected chi connectivity index (χ3v) is 4.10. The molecule has 1 saturated heterocycles. The summed E-state index contributed by atoms with van der Waals surface area (Å²) in [5.41, 5.74) is 2.24. The predicted molar refractivity (Wildman–Crippen MR) is 83.2 cm³/mol. The highest BCUT2D eigenvalue weighted by molar-refractivity contribution is 5.45. The molecule has 112 valence electrons. The van der Waals surface area contributed by atoms with Crippen molar-refractivity contribution in [3.63, 3.8) is 0 Å². The summed E-state index contributed by atoms with van der Waals surface area (Å²) < 4.78 is 0. The highest BCUT2D eigenvalue weighted by Gasteiger charge is 2.26. The molecule has 0 spiro atoms. The highest BCUT2D eigenvalue weighted by atomic mass is 15.3. The summed E-state index contributed by atoms with van der Waals surface area (Å²) in [5.74, 6) is 1.94. The second-order valence-corrected chi connectivity index (χ2v) is 5.83. The molecule has 0 amide bonds. The van der Waals surface area contributed by atoms with E-state index in [9.17, 15) is 0 Å². The summed E-state index contributed by atoms with van der Waals surface area (Å²) in [6, 6.07) is 0.287. The van der Waals surface area contributed by atoms with E-state index in [0.29, 0.717) is 0 Å². The van der Waals surface area contributed by atoms with Gasteiger partial charge in [-0.05, 0) is 34.4 Å². The third-order valence-electron chi connectivity index (χ3n) is 4.10. The molecule has 0 radical (unpaired) electrons. The zero-order chi connectivity index (χ0) is 14.7. The number of hydrogen-bond acceptors (Lipinski definition) is 5. The van der Waals surface area contributed by atoms with Crippen LogP contribution in [-0.2, 0) is 0 Å². The molecule has 1 aliphatic rings. The van der Waals surface area contributed by atoms with E-state index in [1.165, 1.54) is 0 Å². The SMILES string of the molecule is CCCNc1nc(C2CN(C)CCN2C)nc(C)c1C. The first-order valence-electron chi connectivity index (χ1n) is 7.50. The van der Waals surface area contributed by atoms with Crippen LogP contribution in [-0.4, -0.2) is 60.0 Å². The van der Waals surface area contributed by atoms with Crippen LogP contribution in [0.1, 0.15) is 36.5 Å². The maximum Gasteiger partial charge on any atom is 0.149 e. The molecule has 0 saturated carbocycles. The number of likely N-dealkylation sites (N-methyl/N-ethyl adjacent to an activating group) is 2. The molecule has 1 N–H and O–H groups in total. The minimum Gasteiger partial charge on any atom is -0.370 e. The van der Waals surface area contributed by atoms with Crippen molar-refractivity contribution >= 4 is 5.82 Å².